The summed E-state index contributed by atoms with van der Waals surface area (Å²) in [6.07, 6.45) is 0. The predicted molar refractivity (Wildman–Crippen MR) is 64.3 cm³/mol. The number of rotatable bonds is 3. The molecule has 2 N–H and O–H groups in total. The Hall–Kier alpha value is -1.98. The number of carboxylic acid groups (broad SMARTS) is 1. The van der Waals surface area contributed by atoms with Crippen LogP contribution in [-0.4, -0.2) is 17.0 Å². The minimum absolute atomic E-state index is 0.0241. The van der Waals surface area contributed by atoms with Crippen LogP contribution in [0.1, 0.15) is 32.4 Å². The molecule has 1 atom stereocenters. The van der Waals surface area contributed by atoms with Crippen LogP contribution in [0.4, 0.5) is 8.78 Å². The Balaban J connectivity index is 3.05. The average molecular weight is 271 g/mol. The van der Waals surface area contributed by atoms with Crippen molar-refractivity contribution < 1.29 is 23.5 Å². The zero-order valence-corrected chi connectivity index (χ0v) is 10.8. The van der Waals surface area contributed by atoms with Crippen LogP contribution in [0.2, 0.25) is 0 Å². The van der Waals surface area contributed by atoms with E-state index in [0.29, 0.717) is 0 Å². The van der Waals surface area contributed by atoms with E-state index in [1.165, 1.54) is 0 Å². The Kier molecular flexibility index (Phi) is 4.24. The lowest BCUT2D eigenvalue weighted by molar-refractivity contribution is -0.143. The first-order chi connectivity index (χ1) is 8.62. The maximum atomic E-state index is 13.1. The Bertz CT molecular complexity index is 509. The normalized spacial score (nSPS) is 12.9. The van der Waals surface area contributed by atoms with Crippen LogP contribution in [0.25, 0.3) is 0 Å². The van der Waals surface area contributed by atoms with Gasteiger partial charge in [0.2, 0.25) is 5.91 Å². The second kappa shape index (κ2) is 5.34. The first-order valence-electron chi connectivity index (χ1n) is 5.61. The topological polar surface area (TPSA) is 66.4 Å². The quantitative estimate of drug-likeness (QED) is 0.886. The molecule has 1 unspecified atom stereocenters. The molecule has 1 aromatic carbocycles. The number of carbonyl (C=O) groups is 2. The molecule has 0 aliphatic carbocycles. The standard InChI is InChI=1S/C13H15F2NO3/c1-13(2,3)12(19)16-10(11(17)18)7-4-5-8(14)9(15)6-7/h4-6,10H,1-3H3,(H,16,19)(H,17,18). The summed E-state index contributed by atoms with van der Waals surface area (Å²) < 4.78 is 25.9. The summed E-state index contributed by atoms with van der Waals surface area (Å²) in [5.74, 6) is -4.07. The first-order valence-corrected chi connectivity index (χ1v) is 5.61. The van der Waals surface area contributed by atoms with Crippen LogP contribution < -0.4 is 5.32 Å². The largest absolute Gasteiger partial charge is 0.479 e. The fourth-order valence-electron chi connectivity index (χ4n) is 1.33. The number of hydrogen-bond acceptors (Lipinski definition) is 2. The average Bonchev–Trinajstić information content (AvgIpc) is 2.27. The van der Waals surface area contributed by atoms with E-state index in [9.17, 15) is 18.4 Å². The SMILES string of the molecule is CC(C)(C)C(=O)NC(C(=O)O)c1ccc(F)c(F)c1. The van der Waals surface area contributed by atoms with Gasteiger partial charge in [-0.05, 0) is 17.7 Å². The van der Waals surface area contributed by atoms with Crippen molar-refractivity contribution in [2.24, 2.45) is 5.41 Å². The van der Waals surface area contributed by atoms with Crippen molar-refractivity contribution in [3.63, 3.8) is 0 Å². The van der Waals surface area contributed by atoms with E-state index < -0.39 is 35.0 Å². The lowest BCUT2D eigenvalue weighted by atomic mass is 9.94. The summed E-state index contributed by atoms with van der Waals surface area (Å²) >= 11 is 0. The Morgan fingerprint density at radius 3 is 2.21 bits per heavy atom. The van der Waals surface area contributed by atoms with Crippen molar-refractivity contribution in [3.05, 3.63) is 35.4 Å². The number of amides is 1. The van der Waals surface area contributed by atoms with Gasteiger partial charge >= 0.3 is 5.97 Å². The fraction of sp³-hybridized carbons (Fsp3) is 0.385. The highest BCUT2D eigenvalue weighted by molar-refractivity contribution is 5.87. The fourth-order valence-corrected chi connectivity index (χ4v) is 1.33. The molecule has 1 aromatic rings. The second-order valence-electron chi connectivity index (χ2n) is 5.17. The Morgan fingerprint density at radius 2 is 1.79 bits per heavy atom. The van der Waals surface area contributed by atoms with Gasteiger partial charge in [-0.1, -0.05) is 26.8 Å². The van der Waals surface area contributed by atoms with Gasteiger partial charge in [0.15, 0.2) is 17.7 Å². The van der Waals surface area contributed by atoms with Crippen molar-refractivity contribution in [2.75, 3.05) is 0 Å². The van der Waals surface area contributed by atoms with Crippen molar-refractivity contribution in [2.45, 2.75) is 26.8 Å². The number of benzene rings is 1. The Morgan fingerprint density at radius 1 is 1.21 bits per heavy atom. The van der Waals surface area contributed by atoms with E-state index in [1.54, 1.807) is 20.8 Å². The molecule has 0 saturated heterocycles. The lowest BCUT2D eigenvalue weighted by Crippen LogP contribution is -2.40. The van der Waals surface area contributed by atoms with Gasteiger partial charge in [-0.3, -0.25) is 4.79 Å². The number of hydrogen-bond donors (Lipinski definition) is 2. The monoisotopic (exact) mass is 271 g/mol. The van der Waals surface area contributed by atoms with Crippen LogP contribution in [0, 0.1) is 17.0 Å². The smallest absolute Gasteiger partial charge is 0.330 e. The highest BCUT2D eigenvalue weighted by Crippen LogP contribution is 2.20. The zero-order chi connectivity index (χ0) is 14.8. The van der Waals surface area contributed by atoms with E-state index in [1.807, 2.05) is 0 Å². The molecule has 1 amide bonds. The summed E-state index contributed by atoms with van der Waals surface area (Å²) in [4.78, 5) is 22.9. The van der Waals surface area contributed by atoms with Gasteiger partial charge in [0, 0.05) is 5.41 Å². The van der Waals surface area contributed by atoms with E-state index in [0.717, 1.165) is 18.2 Å². The Labute approximate surface area is 109 Å². The van der Waals surface area contributed by atoms with Gasteiger partial charge in [-0.15, -0.1) is 0 Å². The number of aliphatic carboxylic acids is 1. The minimum Gasteiger partial charge on any atom is -0.479 e. The van der Waals surface area contributed by atoms with Crippen LogP contribution in [0.3, 0.4) is 0 Å². The molecular formula is C13H15F2NO3. The highest BCUT2D eigenvalue weighted by atomic mass is 19.2. The van der Waals surface area contributed by atoms with Gasteiger partial charge in [0.1, 0.15) is 0 Å². The molecule has 6 heteroatoms. The molecular weight excluding hydrogens is 256 g/mol. The van der Waals surface area contributed by atoms with Crippen LogP contribution in [0.5, 0.6) is 0 Å². The van der Waals surface area contributed by atoms with E-state index in [-0.39, 0.29) is 5.56 Å². The molecule has 1 rings (SSSR count). The molecule has 0 heterocycles. The second-order valence-corrected chi connectivity index (χ2v) is 5.17. The summed E-state index contributed by atoms with van der Waals surface area (Å²) in [7, 11) is 0. The van der Waals surface area contributed by atoms with E-state index >= 15 is 0 Å². The van der Waals surface area contributed by atoms with Gasteiger partial charge in [-0.2, -0.15) is 0 Å². The summed E-state index contributed by atoms with van der Waals surface area (Å²) in [6, 6.07) is 1.29. The summed E-state index contributed by atoms with van der Waals surface area (Å²) in [6.45, 7) is 4.85. The molecule has 0 aliphatic heterocycles. The minimum atomic E-state index is -1.41. The molecule has 104 valence electrons. The van der Waals surface area contributed by atoms with Crippen LogP contribution in [0.15, 0.2) is 18.2 Å². The summed E-state index contributed by atoms with van der Waals surface area (Å²) in [5.41, 5.74) is -0.810. The molecule has 0 bridgehead atoms. The van der Waals surface area contributed by atoms with Gasteiger partial charge in [-0.25, -0.2) is 13.6 Å². The molecule has 0 radical (unpaired) electrons. The molecule has 4 nitrogen and oxygen atoms in total. The molecule has 0 fully saturated rings. The predicted octanol–water partition coefficient (Wildman–Crippen LogP) is 2.25. The number of carbonyl (C=O) groups excluding carboxylic acids is 1. The first kappa shape index (κ1) is 15.1. The number of carboxylic acids is 1. The number of nitrogens with one attached hydrogen (secondary N) is 1. The molecule has 19 heavy (non-hydrogen) atoms. The van der Waals surface area contributed by atoms with Crippen molar-refractivity contribution in [1.29, 1.82) is 0 Å². The van der Waals surface area contributed by atoms with Crippen molar-refractivity contribution in [1.82, 2.24) is 5.32 Å². The molecule has 0 saturated carbocycles. The van der Waals surface area contributed by atoms with Gasteiger partial charge in [0.25, 0.3) is 0 Å². The maximum absolute atomic E-state index is 13.1. The van der Waals surface area contributed by atoms with Crippen molar-refractivity contribution in [3.8, 4) is 0 Å². The number of halogens is 2. The maximum Gasteiger partial charge on any atom is 0.330 e. The van der Waals surface area contributed by atoms with Crippen molar-refractivity contribution >= 4 is 11.9 Å². The lowest BCUT2D eigenvalue weighted by Gasteiger charge is -2.22. The third kappa shape index (κ3) is 3.74. The third-order valence-electron chi connectivity index (χ3n) is 2.48. The van der Waals surface area contributed by atoms with Crippen LogP contribution in [-0.2, 0) is 9.59 Å². The third-order valence-corrected chi connectivity index (χ3v) is 2.48. The van der Waals surface area contributed by atoms with Gasteiger partial charge in [0.05, 0.1) is 0 Å². The summed E-state index contributed by atoms with van der Waals surface area (Å²) in [5, 5.41) is 11.4. The molecule has 0 aliphatic rings. The zero-order valence-electron chi connectivity index (χ0n) is 10.8. The van der Waals surface area contributed by atoms with Gasteiger partial charge < -0.3 is 10.4 Å². The van der Waals surface area contributed by atoms with E-state index in [2.05, 4.69) is 5.32 Å². The van der Waals surface area contributed by atoms with Crippen LogP contribution >= 0.6 is 0 Å². The molecule has 0 aromatic heterocycles. The highest BCUT2D eigenvalue weighted by Gasteiger charge is 2.28. The van der Waals surface area contributed by atoms with E-state index in [4.69, 9.17) is 5.11 Å². The molecule has 0 spiro atoms.